The van der Waals surface area contributed by atoms with Crippen molar-refractivity contribution in [2.45, 2.75) is 23.8 Å². The molecule has 1 fully saturated rings. The molecule has 3 N–H and O–H groups in total. The average molecular weight is 256 g/mol. The number of sulfonamides is 1. The second-order valence-electron chi connectivity index (χ2n) is 4.06. The van der Waals surface area contributed by atoms with Crippen LogP contribution in [0, 0.1) is 0 Å². The lowest BCUT2D eigenvalue weighted by molar-refractivity contribution is 0.114. The summed E-state index contributed by atoms with van der Waals surface area (Å²) in [4.78, 5) is 0.227. The molecule has 0 saturated carbocycles. The molecule has 1 aromatic carbocycles. The Labute approximate surface area is 101 Å². The van der Waals surface area contributed by atoms with Crippen molar-refractivity contribution in [2.24, 2.45) is 0 Å². The Balaban J connectivity index is 2.00. The van der Waals surface area contributed by atoms with Gasteiger partial charge in [-0.25, -0.2) is 13.1 Å². The molecule has 1 saturated heterocycles. The zero-order valence-corrected chi connectivity index (χ0v) is 10.2. The van der Waals surface area contributed by atoms with E-state index in [1.807, 2.05) is 0 Å². The second-order valence-corrected chi connectivity index (χ2v) is 5.82. The van der Waals surface area contributed by atoms with E-state index in [4.69, 9.17) is 10.5 Å². The van der Waals surface area contributed by atoms with E-state index in [0.717, 1.165) is 12.8 Å². The highest BCUT2D eigenvalue weighted by Gasteiger charge is 2.19. The van der Waals surface area contributed by atoms with E-state index in [9.17, 15) is 8.42 Å². The van der Waals surface area contributed by atoms with Crippen LogP contribution < -0.4 is 10.5 Å². The fourth-order valence-corrected chi connectivity index (χ4v) is 2.80. The Morgan fingerprint density at radius 1 is 1.35 bits per heavy atom. The Morgan fingerprint density at radius 3 is 2.65 bits per heavy atom. The normalized spacial score (nSPS) is 20.6. The van der Waals surface area contributed by atoms with E-state index in [0.29, 0.717) is 18.8 Å². The summed E-state index contributed by atoms with van der Waals surface area (Å²) in [7, 11) is -3.45. The highest BCUT2D eigenvalue weighted by atomic mass is 32.2. The third kappa shape index (κ3) is 3.18. The number of benzene rings is 1. The van der Waals surface area contributed by atoms with Gasteiger partial charge in [-0.1, -0.05) is 0 Å². The van der Waals surface area contributed by atoms with Gasteiger partial charge >= 0.3 is 0 Å². The maximum atomic E-state index is 11.9. The van der Waals surface area contributed by atoms with Gasteiger partial charge in [0.15, 0.2) is 0 Å². The van der Waals surface area contributed by atoms with Crippen LogP contribution in [0.15, 0.2) is 29.2 Å². The second kappa shape index (κ2) is 5.03. The predicted octanol–water partition coefficient (Wildman–Crippen LogP) is 0.726. The van der Waals surface area contributed by atoms with Gasteiger partial charge in [0.1, 0.15) is 0 Å². The van der Waals surface area contributed by atoms with Crippen molar-refractivity contribution in [3.8, 4) is 0 Å². The number of nitrogens with one attached hydrogen (secondary N) is 1. The zero-order valence-electron chi connectivity index (χ0n) is 9.43. The van der Waals surface area contributed by atoms with Crippen LogP contribution in [0.4, 0.5) is 5.69 Å². The van der Waals surface area contributed by atoms with Crippen LogP contribution in [0.5, 0.6) is 0 Å². The lowest BCUT2D eigenvalue weighted by Gasteiger charge is -2.11. The number of hydrogen-bond acceptors (Lipinski definition) is 4. The molecule has 1 atom stereocenters. The van der Waals surface area contributed by atoms with Gasteiger partial charge in [-0.15, -0.1) is 0 Å². The molecular weight excluding hydrogens is 240 g/mol. The SMILES string of the molecule is Nc1ccc(S(=O)(=O)NCC2CCCO2)cc1. The summed E-state index contributed by atoms with van der Waals surface area (Å²) in [6, 6.07) is 6.13. The first-order valence-corrected chi connectivity index (χ1v) is 7.03. The van der Waals surface area contributed by atoms with E-state index in [1.165, 1.54) is 12.1 Å². The molecule has 1 aliphatic heterocycles. The van der Waals surface area contributed by atoms with Crippen molar-refractivity contribution < 1.29 is 13.2 Å². The lowest BCUT2D eigenvalue weighted by Crippen LogP contribution is -2.31. The summed E-state index contributed by atoms with van der Waals surface area (Å²) in [5.74, 6) is 0. The van der Waals surface area contributed by atoms with Crippen molar-refractivity contribution in [2.75, 3.05) is 18.9 Å². The van der Waals surface area contributed by atoms with Crippen LogP contribution in [0.25, 0.3) is 0 Å². The highest BCUT2D eigenvalue weighted by Crippen LogP contribution is 2.14. The van der Waals surface area contributed by atoms with Gasteiger partial charge < -0.3 is 10.5 Å². The number of anilines is 1. The Kier molecular flexibility index (Phi) is 3.66. The molecule has 0 aliphatic carbocycles. The molecule has 0 amide bonds. The van der Waals surface area contributed by atoms with Crippen LogP contribution in [0.3, 0.4) is 0 Å². The minimum atomic E-state index is -3.45. The molecule has 0 spiro atoms. The summed E-state index contributed by atoms with van der Waals surface area (Å²) in [6.07, 6.45) is 1.90. The molecule has 1 aliphatic rings. The van der Waals surface area contributed by atoms with Gasteiger partial charge in [-0.2, -0.15) is 0 Å². The minimum absolute atomic E-state index is 0.00134. The first-order chi connectivity index (χ1) is 8.08. The van der Waals surface area contributed by atoms with Crippen LogP contribution in [-0.4, -0.2) is 27.7 Å². The van der Waals surface area contributed by atoms with E-state index < -0.39 is 10.0 Å². The summed E-state index contributed by atoms with van der Waals surface area (Å²) < 4.78 is 31.7. The number of nitrogens with two attached hydrogens (primary N) is 1. The van der Waals surface area contributed by atoms with Crippen molar-refractivity contribution in [3.05, 3.63) is 24.3 Å². The fraction of sp³-hybridized carbons (Fsp3) is 0.455. The van der Waals surface area contributed by atoms with Gasteiger partial charge in [-0.05, 0) is 37.1 Å². The first-order valence-electron chi connectivity index (χ1n) is 5.55. The summed E-state index contributed by atoms with van der Waals surface area (Å²) in [6.45, 7) is 1.04. The lowest BCUT2D eigenvalue weighted by atomic mass is 10.2. The van der Waals surface area contributed by atoms with Gasteiger partial charge in [0.2, 0.25) is 10.0 Å². The van der Waals surface area contributed by atoms with Crippen molar-refractivity contribution in [3.63, 3.8) is 0 Å². The smallest absolute Gasteiger partial charge is 0.240 e. The van der Waals surface area contributed by atoms with Gasteiger partial charge in [0, 0.05) is 18.8 Å². The molecule has 1 aromatic rings. The standard InChI is InChI=1S/C11H16N2O3S/c12-9-3-5-11(6-4-9)17(14,15)13-8-10-2-1-7-16-10/h3-6,10,13H,1-2,7-8,12H2. The van der Waals surface area contributed by atoms with Crippen LogP contribution in [-0.2, 0) is 14.8 Å². The van der Waals surface area contributed by atoms with Crippen LogP contribution in [0.1, 0.15) is 12.8 Å². The van der Waals surface area contributed by atoms with Crippen LogP contribution in [0.2, 0.25) is 0 Å². The Morgan fingerprint density at radius 2 is 2.06 bits per heavy atom. The average Bonchev–Trinajstić information content (AvgIpc) is 2.80. The molecule has 6 heteroatoms. The predicted molar refractivity (Wildman–Crippen MR) is 65.0 cm³/mol. The largest absolute Gasteiger partial charge is 0.399 e. The van der Waals surface area contributed by atoms with Crippen LogP contribution >= 0.6 is 0 Å². The minimum Gasteiger partial charge on any atom is -0.399 e. The van der Waals surface area contributed by atoms with Gasteiger partial charge in [0.25, 0.3) is 0 Å². The van der Waals surface area contributed by atoms with E-state index >= 15 is 0 Å². The number of rotatable bonds is 4. The maximum Gasteiger partial charge on any atom is 0.240 e. The number of nitrogen functional groups attached to an aromatic ring is 1. The van der Waals surface area contributed by atoms with E-state index in [2.05, 4.69) is 4.72 Å². The van der Waals surface area contributed by atoms with E-state index in [1.54, 1.807) is 12.1 Å². The highest BCUT2D eigenvalue weighted by molar-refractivity contribution is 7.89. The Bertz CT molecular complexity index is 464. The molecule has 17 heavy (non-hydrogen) atoms. The number of hydrogen-bond donors (Lipinski definition) is 2. The summed E-state index contributed by atoms with van der Waals surface area (Å²) in [5, 5.41) is 0. The molecule has 2 rings (SSSR count). The topological polar surface area (TPSA) is 81.4 Å². The van der Waals surface area contributed by atoms with Crippen molar-refractivity contribution in [1.82, 2.24) is 4.72 Å². The number of ether oxygens (including phenoxy) is 1. The van der Waals surface area contributed by atoms with Gasteiger partial charge in [-0.3, -0.25) is 0 Å². The third-order valence-corrected chi connectivity index (χ3v) is 4.15. The maximum absolute atomic E-state index is 11.9. The van der Waals surface area contributed by atoms with Crippen molar-refractivity contribution >= 4 is 15.7 Å². The Hall–Kier alpha value is -1.11. The molecule has 1 heterocycles. The van der Waals surface area contributed by atoms with E-state index in [-0.39, 0.29) is 11.0 Å². The molecular formula is C11H16N2O3S. The monoisotopic (exact) mass is 256 g/mol. The fourth-order valence-electron chi connectivity index (χ4n) is 1.74. The molecule has 94 valence electrons. The summed E-state index contributed by atoms with van der Waals surface area (Å²) >= 11 is 0. The molecule has 0 aromatic heterocycles. The molecule has 0 radical (unpaired) electrons. The van der Waals surface area contributed by atoms with Crippen molar-refractivity contribution in [1.29, 1.82) is 0 Å². The summed E-state index contributed by atoms with van der Waals surface area (Å²) in [5.41, 5.74) is 6.05. The quantitative estimate of drug-likeness (QED) is 0.778. The zero-order chi connectivity index (χ0) is 12.3. The third-order valence-electron chi connectivity index (χ3n) is 2.72. The first kappa shape index (κ1) is 12.3. The molecule has 5 nitrogen and oxygen atoms in total. The molecule has 0 bridgehead atoms. The molecule has 1 unspecified atom stereocenters. The van der Waals surface area contributed by atoms with Gasteiger partial charge in [0.05, 0.1) is 11.0 Å².